The molecule has 1 atom stereocenters. The van der Waals surface area contributed by atoms with E-state index in [0.29, 0.717) is 27.5 Å². The highest BCUT2D eigenvalue weighted by atomic mass is 32.2. The van der Waals surface area contributed by atoms with E-state index in [0.717, 1.165) is 0 Å². The summed E-state index contributed by atoms with van der Waals surface area (Å²) in [6, 6.07) is 18.4. The van der Waals surface area contributed by atoms with E-state index in [1.165, 1.54) is 18.5 Å². The van der Waals surface area contributed by atoms with Gasteiger partial charge in [-0.05, 0) is 24.3 Å². The minimum absolute atomic E-state index is 0.0347. The van der Waals surface area contributed by atoms with Crippen LogP contribution in [0.25, 0.3) is 22.9 Å². The summed E-state index contributed by atoms with van der Waals surface area (Å²) in [5.74, 6) is -0.175. The van der Waals surface area contributed by atoms with Crippen LogP contribution in [0, 0.1) is 5.82 Å². The number of benzene rings is 2. The average Bonchev–Trinajstić information content (AvgIpc) is 3.51. The lowest BCUT2D eigenvalue weighted by molar-refractivity contribution is 0.421. The molecule has 0 aliphatic heterocycles. The second-order valence-electron chi connectivity index (χ2n) is 7.06. The van der Waals surface area contributed by atoms with Crippen LogP contribution in [0.5, 0.6) is 0 Å². The topological polar surface area (TPSA) is 107 Å². The second kappa shape index (κ2) is 8.75. The van der Waals surface area contributed by atoms with Crippen LogP contribution >= 0.6 is 0 Å². The highest BCUT2D eigenvalue weighted by Gasteiger charge is 2.18. The highest BCUT2D eigenvalue weighted by Crippen LogP contribution is 2.24. The Morgan fingerprint density at radius 3 is 2.55 bits per heavy atom. The molecule has 5 aromatic rings. The summed E-state index contributed by atoms with van der Waals surface area (Å²) in [6.45, 7) is 0.134. The zero-order chi connectivity index (χ0) is 22.8. The molecule has 0 aliphatic rings. The molecule has 0 radical (unpaired) electrons. The van der Waals surface area contributed by atoms with Gasteiger partial charge in [0.15, 0.2) is 5.82 Å². The number of aromatic nitrogens is 5. The number of rotatable bonds is 6. The summed E-state index contributed by atoms with van der Waals surface area (Å²) in [7, 11) is -1.67. The lowest BCUT2D eigenvalue weighted by Gasteiger charge is -2.06. The number of nitrogens with one attached hydrogen (secondary N) is 1. The first-order chi connectivity index (χ1) is 16.1. The first kappa shape index (κ1) is 20.7. The van der Waals surface area contributed by atoms with Crippen molar-refractivity contribution in [3.63, 3.8) is 0 Å². The van der Waals surface area contributed by atoms with Gasteiger partial charge in [-0.1, -0.05) is 41.6 Å². The Labute approximate surface area is 189 Å². The molecule has 2 aromatic carbocycles. The van der Waals surface area contributed by atoms with Crippen molar-refractivity contribution in [3.05, 3.63) is 101 Å². The molecule has 0 fully saturated rings. The van der Waals surface area contributed by atoms with E-state index in [1.807, 2.05) is 0 Å². The fraction of sp³-hybridized carbons (Fsp3) is 0.0435. The zero-order valence-corrected chi connectivity index (χ0v) is 17.8. The molecule has 0 amide bonds. The Kier molecular flexibility index (Phi) is 5.49. The molecule has 164 valence electrons. The summed E-state index contributed by atoms with van der Waals surface area (Å²) in [4.78, 5) is 20.1. The molecule has 0 saturated heterocycles. The van der Waals surface area contributed by atoms with Crippen LogP contribution in [-0.4, -0.2) is 29.1 Å². The summed E-state index contributed by atoms with van der Waals surface area (Å²) < 4.78 is 33.5. The summed E-state index contributed by atoms with van der Waals surface area (Å²) >= 11 is 0. The Balaban J connectivity index is 1.53. The fourth-order valence-corrected chi connectivity index (χ4v) is 4.33. The van der Waals surface area contributed by atoms with Gasteiger partial charge in [0.2, 0.25) is 0 Å². The molecule has 33 heavy (non-hydrogen) atoms. The van der Waals surface area contributed by atoms with Gasteiger partial charge in [0.1, 0.15) is 28.4 Å². The van der Waals surface area contributed by atoms with Gasteiger partial charge in [-0.25, -0.2) is 13.6 Å². The van der Waals surface area contributed by atoms with E-state index in [4.69, 9.17) is 4.52 Å². The molecule has 0 bridgehead atoms. The molecule has 0 spiro atoms. The van der Waals surface area contributed by atoms with Crippen LogP contribution in [0.1, 0.15) is 5.56 Å². The van der Waals surface area contributed by atoms with Crippen molar-refractivity contribution in [2.45, 2.75) is 16.3 Å². The first-order valence-corrected chi connectivity index (χ1v) is 11.0. The number of halogens is 1. The summed E-state index contributed by atoms with van der Waals surface area (Å²) in [5.41, 5.74) is 1.30. The third-order valence-electron chi connectivity index (χ3n) is 4.92. The Bertz CT molecular complexity index is 1500. The number of hydrogen-bond donors (Lipinski definition) is 1. The highest BCUT2D eigenvalue weighted by molar-refractivity contribution is 7.85. The third kappa shape index (κ3) is 4.15. The Hall–Kier alpha value is -4.18. The molecule has 1 unspecified atom stereocenters. The van der Waals surface area contributed by atoms with Crippen LogP contribution in [0.2, 0.25) is 0 Å². The smallest absolute Gasteiger partial charge is 0.267 e. The predicted molar refractivity (Wildman–Crippen MR) is 118 cm³/mol. The second-order valence-corrected chi connectivity index (χ2v) is 8.50. The molecule has 0 aliphatic carbocycles. The minimum Gasteiger partial charge on any atom is -0.364 e. The minimum atomic E-state index is -1.67. The van der Waals surface area contributed by atoms with Crippen molar-refractivity contribution >= 4 is 10.8 Å². The lowest BCUT2D eigenvalue weighted by atomic mass is 10.2. The van der Waals surface area contributed by atoms with Crippen LogP contribution in [-0.2, 0) is 17.3 Å². The van der Waals surface area contributed by atoms with E-state index < -0.39 is 16.4 Å². The van der Waals surface area contributed by atoms with Gasteiger partial charge < -0.3 is 9.51 Å². The Morgan fingerprint density at radius 1 is 1.03 bits per heavy atom. The summed E-state index contributed by atoms with van der Waals surface area (Å²) in [5, 5.41) is 8.45. The maximum Gasteiger partial charge on any atom is 0.267 e. The van der Waals surface area contributed by atoms with E-state index in [9.17, 15) is 13.4 Å². The first-order valence-electron chi connectivity index (χ1n) is 9.88. The molecular weight excluding hydrogens is 445 g/mol. The van der Waals surface area contributed by atoms with Crippen LogP contribution < -0.4 is 5.56 Å². The number of nitrogens with zero attached hydrogens (tertiary/aromatic N) is 4. The molecule has 0 saturated carbocycles. The van der Waals surface area contributed by atoms with Crippen molar-refractivity contribution in [2.75, 3.05) is 0 Å². The molecule has 5 rings (SSSR count). The van der Waals surface area contributed by atoms with Gasteiger partial charge in [0.05, 0.1) is 29.2 Å². The van der Waals surface area contributed by atoms with Gasteiger partial charge in [0.25, 0.3) is 5.56 Å². The van der Waals surface area contributed by atoms with Crippen molar-refractivity contribution < 1.29 is 13.1 Å². The zero-order valence-electron chi connectivity index (χ0n) is 17.0. The number of aromatic amines is 1. The number of H-pyrrole nitrogens is 1. The SMILES string of the molecule is O=c1[nH]c(-c2cc(-c3ccon3)n(Cc3ccccc3F)n2)ncc1S(=O)c1ccccc1. The van der Waals surface area contributed by atoms with Crippen LogP contribution in [0.15, 0.2) is 98.3 Å². The van der Waals surface area contributed by atoms with Gasteiger partial charge in [0, 0.05) is 16.5 Å². The lowest BCUT2D eigenvalue weighted by Crippen LogP contribution is -2.16. The van der Waals surface area contributed by atoms with Gasteiger partial charge in [-0.15, -0.1) is 0 Å². The van der Waals surface area contributed by atoms with Crippen molar-refractivity contribution in [3.8, 4) is 22.9 Å². The van der Waals surface area contributed by atoms with Crippen molar-refractivity contribution in [1.29, 1.82) is 0 Å². The largest absolute Gasteiger partial charge is 0.364 e. The van der Waals surface area contributed by atoms with Gasteiger partial charge in [-0.2, -0.15) is 5.10 Å². The van der Waals surface area contributed by atoms with E-state index in [2.05, 4.69) is 20.2 Å². The van der Waals surface area contributed by atoms with Crippen LogP contribution in [0.3, 0.4) is 0 Å². The third-order valence-corrected chi connectivity index (χ3v) is 6.32. The van der Waals surface area contributed by atoms with E-state index >= 15 is 0 Å². The number of hydrogen-bond acceptors (Lipinski definition) is 6. The molecule has 10 heteroatoms. The van der Waals surface area contributed by atoms with Gasteiger partial charge in [-0.3, -0.25) is 9.48 Å². The maximum absolute atomic E-state index is 14.2. The molecule has 3 heterocycles. The average molecular weight is 461 g/mol. The van der Waals surface area contributed by atoms with Crippen molar-refractivity contribution in [2.24, 2.45) is 0 Å². The molecule has 3 aromatic heterocycles. The molecular formula is C23H16FN5O3S. The molecule has 8 nitrogen and oxygen atoms in total. The Morgan fingerprint density at radius 2 is 1.82 bits per heavy atom. The molecule has 1 N–H and O–H groups in total. The maximum atomic E-state index is 14.2. The monoisotopic (exact) mass is 461 g/mol. The predicted octanol–water partition coefficient (Wildman–Crippen LogP) is 3.64. The van der Waals surface area contributed by atoms with E-state index in [-0.39, 0.29) is 23.1 Å². The standard InChI is InChI=1S/C23H16FN5O3S/c24-17-9-5-4-6-15(17)14-29-20(18-10-11-32-28-18)12-19(27-29)22-25-13-21(23(30)26-22)33(31)16-7-2-1-3-8-16/h1-13H,14H2,(H,25,26,30). The fourth-order valence-electron chi connectivity index (χ4n) is 3.31. The van der Waals surface area contributed by atoms with E-state index in [1.54, 1.807) is 65.3 Å². The quantitative estimate of drug-likeness (QED) is 0.414. The summed E-state index contributed by atoms with van der Waals surface area (Å²) in [6.07, 6.45) is 2.70. The van der Waals surface area contributed by atoms with Crippen LogP contribution in [0.4, 0.5) is 4.39 Å². The van der Waals surface area contributed by atoms with Gasteiger partial charge >= 0.3 is 0 Å². The van der Waals surface area contributed by atoms with Crippen molar-refractivity contribution in [1.82, 2.24) is 24.9 Å². The normalized spacial score (nSPS) is 12.0.